The van der Waals surface area contributed by atoms with Crippen LogP contribution >= 0.6 is 11.3 Å². The Morgan fingerprint density at radius 2 is 1.75 bits per heavy atom. The Bertz CT molecular complexity index is 351. The van der Waals surface area contributed by atoms with Crippen molar-refractivity contribution in [2.45, 2.75) is 57.2 Å². The number of rotatable bonds is 1. The second-order valence-corrected chi connectivity index (χ2v) is 7.07. The smallest absolute Gasteiger partial charge is 0.0939 e. The van der Waals surface area contributed by atoms with E-state index < -0.39 is 5.60 Å². The largest absolute Gasteiger partial charge is 0.385 e. The first-order valence-corrected chi connectivity index (χ1v) is 6.71. The number of hydrogen-bond acceptors (Lipinski definition) is 3. The second kappa shape index (κ2) is 3.56. The van der Waals surface area contributed by atoms with Crippen molar-refractivity contribution in [1.29, 1.82) is 0 Å². The molecule has 0 bridgehead atoms. The molecule has 1 saturated heterocycles. The zero-order valence-corrected chi connectivity index (χ0v) is 11.3. The van der Waals surface area contributed by atoms with Crippen LogP contribution in [0.4, 0.5) is 0 Å². The molecule has 0 amide bonds. The third-order valence-electron chi connectivity index (χ3n) is 3.20. The molecular formula is C13H21NOS. The van der Waals surface area contributed by atoms with Gasteiger partial charge >= 0.3 is 0 Å². The average molecular weight is 239 g/mol. The quantitative estimate of drug-likeness (QED) is 0.790. The zero-order valence-electron chi connectivity index (χ0n) is 10.5. The molecule has 2 N–H and O–H groups in total. The maximum atomic E-state index is 10.9. The minimum atomic E-state index is -0.682. The summed E-state index contributed by atoms with van der Waals surface area (Å²) in [4.78, 5) is 0. The van der Waals surface area contributed by atoms with Gasteiger partial charge in [-0.15, -0.1) is 0 Å². The van der Waals surface area contributed by atoms with E-state index in [1.54, 1.807) is 11.3 Å². The van der Waals surface area contributed by atoms with Crippen LogP contribution in [0, 0.1) is 0 Å². The van der Waals surface area contributed by atoms with Gasteiger partial charge in [0.15, 0.2) is 0 Å². The lowest BCUT2D eigenvalue weighted by molar-refractivity contribution is -0.0611. The van der Waals surface area contributed by atoms with Crippen LogP contribution in [0.1, 0.15) is 46.1 Å². The summed E-state index contributed by atoms with van der Waals surface area (Å²) < 4.78 is 0. The first kappa shape index (κ1) is 12.1. The molecule has 1 aromatic heterocycles. The molecule has 2 heterocycles. The number of nitrogens with one attached hydrogen (secondary N) is 1. The molecule has 3 heteroatoms. The van der Waals surface area contributed by atoms with E-state index in [0.29, 0.717) is 0 Å². The van der Waals surface area contributed by atoms with Crippen LogP contribution in [-0.4, -0.2) is 16.2 Å². The molecule has 0 radical (unpaired) electrons. The van der Waals surface area contributed by atoms with Crippen molar-refractivity contribution in [3.05, 3.63) is 22.4 Å². The third kappa shape index (κ3) is 2.31. The number of thiophene rings is 1. The van der Waals surface area contributed by atoms with E-state index in [1.807, 2.05) is 11.4 Å². The van der Waals surface area contributed by atoms with Crippen LogP contribution in [0.5, 0.6) is 0 Å². The van der Waals surface area contributed by atoms with Gasteiger partial charge in [-0.05, 0) is 62.9 Å². The Morgan fingerprint density at radius 1 is 1.19 bits per heavy atom. The predicted molar refractivity (Wildman–Crippen MR) is 68.7 cm³/mol. The van der Waals surface area contributed by atoms with Crippen molar-refractivity contribution < 1.29 is 5.11 Å². The average Bonchev–Trinajstić information content (AvgIpc) is 2.46. The highest BCUT2D eigenvalue weighted by Crippen LogP contribution is 2.42. The molecule has 1 aliphatic heterocycles. The lowest BCUT2D eigenvalue weighted by Crippen LogP contribution is -2.62. The van der Waals surface area contributed by atoms with Gasteiger partial charge in [-0.3, -0.25) is 0 Å². The van der Waals surface area contributed by atoms with Crippen molar-refractivity contribution in [2.75, 3.05) is 0 Å². The van der Waals surface area contributed by atoms with Crippen molar-refractivity contribution in [2.24, 2.45) is 0 Å². The van der Waals surface area contributed by atoms with E-state index in [2.05, 4.69) is 38.4 Å². The Kier molecular flexibility index (Phi) is 2.69. The summed E-state index contributed by atoms with van der Waals surface area (Å²) in [6.07, 6.45) is 1.53. The van der Waals surface area contributed by atoms with Crippen LogP contribution in [0.25, 0.3) is 0 Å². The van der Waals surface area contributed by atoms with Gasteiger partial charge < -0.3 is 10.4 Å². The van der Waals surface area contributed by atoms with Gasteiger partial charge in [0, 0.05) is 11.1 Å². The lowest BCUT2D eigenvalue weighted by atomic mass is 9.70. The molecule has 2 rings (SSSR count). The molecule has 1 fully saturated rings. The molecule has 0 atom stereocenters. The molecule has 0 aliphatic carbocycles. The summed E-state index contributed by atoms with van der Waals surface area (Å²) in [6, 6.07) is 2.04. The maximum absolute atomic E-state index is 10.9. The second-order valence-electron chi connectivity index (χ2n) is 6.29. The molecule has 0 unspecified atom stereocenters. The van der Waals surface area contributed by atoms with Crippen LogP contribution in [-0.2, 0) is 5.60 Å². The van der Waals surface area contributed by atoms with E-state index in [1.165, 1.54) is 0 Å². The molecule has 1 aliphatic rings. The Morgan fingerprint density at radius 3 is 2.19 bits per heavy atom. The van der Waals surface area contributed by atoms with Gasteiger partial charge in [-0.25, -0.2) is 0 Å². The minimum Gasteiger partial charge on any atom is -0.385 e. The standard InChI is InChI=1S/C13H21NOS/c1-11(2)8-13(15,9-12(3,4)14-11)10-5-6-16-7-10/h5-7,14-15H,8-9H2,1-4H3. The van der Waals surface area contributed by atoms with Crippen LogP contribution in [0.15, 0.2) is 16.8 Å². The molecule has 16 heavy (non-hydrogen) atoms. The fourth-order valence-corrected chi connectivity index (χ4v) is 4.01. The van der Waals surface area contributed by atoms with Gasteiger partial charge in [0.05, 0.1) is 5.60 Å². The Balaban J connectivity index is 2.35. The Labute approximate surface area is 102 Å². The highest BCUT2D eigenvalue weighted by molar-refractivity contribution is 7.08. The summed E-state index contributed by atoms with van der Waals surface area (Å²) in [7, 11) is 0. The van der Waals surface area contributed by atoms with Crippen molar-refractivity contribution in [3.63, 3.8) is 0 Å². The molecule has 2 nitrogen and oxygen atoms in total. The summed E-state index contributed by atoms with van der Waals surface area (Å²) in [5.74, 6) is 0. The highest BCUT2D eigenvalue weighted by atomic mass is 32.1. The molecule has 0 spiro atoms. The molecule has 0 saturated carbocycles. The predicted octanol–water partition coefficient (Wildman–Crippen LogP) is 2.88. The summed E-state index contributed by atoms with van der Waals surface area (Å²) >= 11 is 1.65. The fourth-order valence-electron chi connectivity index (χ4n) is 3.26. The van der Waals surface area contributed by atoms with Crippen LogP contribution in [0.2, 0.25) is 0 Å². The first-order chi connectivity index (χ1) is 7.23. The minimum absolute atomic E-state index is 0.0293. The highest BCUT2D eigenvalue weighted by Gasteiger charge is 2.46. The van der Waals surface area contributed by atoms with E-state index in [-0.39, 0.29) is 11.1 Å². The topological polar surface area (TPSA) is 32.3 Å². The number of piperidine rings is 1. The van der Waals surface area contributed by atoms with Gasteiger partial charge in [0.2, 0.25) is 0 Å². The lowest BCUT2D eigenvalue weighted by Gasteiger charge is -2.50. The molecule has 0 aromatic carbocycles. The van der Waals surface area contributed by atoms with Gasteiger partial charge in [-0.1, -0.05) is 0 Å². The molecular weight excluding hydrogens is 218 g/mol. The maximum Gasteiger partial charge on any atom is 0.0939 e. The zero-order chi connectivity index (χ0) is 12.0. The first-order valence-electron chi connectivity index (χ1n) is 5.77. The van der Waals surface area contributed by atoms with Crippen molar-refractivity contribution in [3.8, 4) is 0 Å². The fraction of sp³-hybridized carbons (Fsp3) is 0.692. The van der Waals surface area contributed by atoms with Crippen LogP contribution < -0.4 is 5.32 Å². The van der Waals surface area contributed by atoms with E-state index in [9.17, 15) is 5.11 Å². The van der Waals surface area contributed by atoms with Crippen molar-refractivity contribution >= 4 is 11.3 Å². The van der Waals surface area contributed by atoms with Gasteiger partial charge in [0.25, 0.3) is 0 Å². The van der Waals surface area contributed by atoms with E-state index in [0.717, 1.165) is 18.4 Å². The molecule has 1 aromatic rings. The molecule has 90 valence electrons. The summed E-state index contributed by atoms with van der Waals surface area (Å²) in [5, 5.41) is 18.6. The SMILES string of the molecule is CC1(C)CC(O)(c2ccsc2)CC(C)(C)N1. The van der Waals surface area contributed by atoms with E-state index >= 15 is 0 Å². The summed E-state index contributed by atoms with van der Waals surface area (Å²) in [6.45, 7) is 8.63. The third-order valence-corrected chi connectivity index (χ3v) is 3.89. The van der Waals surface area contributed by atoms with Gasteiger partial charge in [0.1, 0.15) is 0 Å². The monoisotopic (exact) mass is 239 g/mol. The number of aliphatic hydroxyl groups is 1. The Hall–Kier alpha value is -0.380. The van der Waals surface area contributed by atoms with Gasteiger partial charge in [-0.2, -0.15) is 11.3 Å². The number of hydrogen-bond donors (Lipinski definition) is 2. The van der Waals surface area contributed by atoms with E-state index in [4.69, 9.17) is 0 Å². The van der Waals surface area contributed by atoms with Crippen LogP contribution in [0.3, 0.4) is 0 Å². The summed E-state index contributed by atoms with van der Waals surface area (Å²) in [5.41, 5.74) is 0.329. The van der Waals surface area contributed by atoms with Crippen molar-refractivity contribution in [1.82, 2.24) is 5.32 Å². The normalized spacial score (nSPS) is 26.6.